The smallest absolute Gasteiger partial charge is 0.261 e. The number of hydrogen-bond donors (Lipinski definition) is 2. The molecule has 3 rings (SSSR count). The van der Waals surface area contributed by atoms with E-state index in [0.717, 1.165) is 11.3 Å². The SMILES string of the molecule is Cc1ccccc1NS(=O)(=O)c1ccc(C(=O)Nc2cc(Cl)ccc2N(C)C)cc1. The molecule has 0 spiro atoms. The molecule has 0 atom stereocenters. The molecule has 3 aromatic rings. The van der Waals surface area contributed by atoms with E-state index in [9.17, 15) is 13.2 Å². The lowest BCUT2D eigenvalue weighted by Gasteiger charge is -2.18. The molecular weight excluding hydrogens is 422 g/mol. The average molecular weight is 444 g/mol. The maximum Gasteiger partial charge on any atom is 0.261 e. The van der Waals surface area contributed by atoms with Crippen LogP contribution < -0.4 is 14.9 Å². The Hall–Kier alpha value is -3.03. The Morgan fingerprint density at radius 3 is 2.23 bits per heavy atom. The molecule has 1 amide bonds. The topological polar surface area (TPSA) is 78.5 Å². The molecule has 0 fully saturated rings. The fourth-order valence-corrected chi connectivity index (χ4v) is 4.17. The van der Waals surface area contributed by atoms with Crippen molar-refractivity contribution in [2.24, 2.45) is 0 Å². The van der Waals surface area contributed by atoms with Gasteiger partial charge in [0.15, 0.2) is 0 Å². The molecule has 2 N–H and O–H groups in total. The van der Waals surface area contributed by atoms with Crippen molar-refractivity contribution in [1.29, 1.82) is 0 Å². The minimum absolute atomic E-state index is 0.0686. The van der Waals surface area contributed by atoms with Crippen LogP contribution in [0.2, 0.25) is 5.02 Å². The second-order valence-corrected chi connectivity index (χ2v) is 9.07. The van der Waals surface area contributed by atoms with E-state index in [2.05, 4.69) is 10.0 Å². The average Bonchev–Trinajstić information content (AvgIpc) is 2.69. The van der Waals surface area contributed by atoms with Crippen LogP contribution in [-0.2, 0) is 10.0 Å². The van der Waals surface area contributed by atoms with E-state index in [4.69, 9.17) is 11.6 Å². The Morgan fingerprint density at radius 1 is 0.933 bits per heavy atom. The number of aryl methyl sites for hydroxylation is 1. The molecule has 0 aliphatic heterocycles. The van der Waals surface area contributed by atoms with Gasteiger partial charge < -0.3 is 10.2 Å². The van der Waals surface area contributed by atoms with Crippen LogP contribution in [0.25, 0.3) is 0 Å². The molecule has 3 aromatic carbocycles. The molecule has 6 nitrogen and oxygen atoms in total. The molecule has 0 bridgehead atoms. The second kappa shape index (κ2) is 8.77. The maximum atomic E-state index is 12.7. The third kappa shape index (κ3) is 4.93. The maximum absolute atomic E-state index is 12.7. The normalized spacial score (nSPS) is 11.1. The van der Waals surface area contributed by atoms with Crippen LogP contribution in [0.3, 0.4) is 0 Å². The zero-order valence-corrected chi connectivity index (χ0v) is 18.4. The number of nitrogens with one attached hydrogen (secondary N) is 2. The van der Waals surface area contributed by atoms with E-state index in [1.54, 1.807) is 24.3 Å². The number of halogens is 1. The van der Waals surface area contributed by atoms with Crippen LogP contribution in [0.4, 0.5) is 17.1 Å². The fraction of sp³-hybridized carbons (Fsp3) is 0.136. The monoisotopic (exact) mass is 443 g/mol. The van der Waals surface area contributed by atoms with E-state index >= 15 is 0 Å². The molecule has 0 heterocycles. The van der Waals surface area contributed by atoms with Gasteiger partial charge in [-0.2, -0.15) is 0 Å². The largest absolute Gasteiger partial charge is 0.376 e. The second-order valence-electron chi connectivity index (χ2n) is 6.95. The summed E-state index contributed by atoms with van der Waals surface area (Å²) in [5.41, 5.74) is 3.02. The lowest BCUT2D eigenvalue weighted by Crippen LogP contribution is -2.17. The van der Waals surface area contributed by atoms with Gasteiger partial charge in [-0.1, -0.05) is 29.8 Å². The van der Waals surface area contributed by atoms with E-state index in [1.807, 2.05) is 44.1 Å². The number of amides is 1. The fourth-order valence-electron chi connectivity index (χ4n) is 2.87. The molecule has 156 valence electrons. The lowest BCUT2D eigenvalue weighted by molar-refractivity contribution is 0.102. The van der Waals surface area contributed by atoms with E-state index in [-0.39, 0.29) is 10.8 Å². The van der Waals surface area contributed by atoms with Crippen molar-refractivity contribution in [3.8, 4) is 0 Å². The Morgan fingerprint density at radius 2 is 1.60 bits per heavy atom. The van der Waals surface area contributed by atoms with Crippen molar-refractivity contribution in [2.75, 3.05) is 29.0 Å². The van der Waals surface area contributed by atoms with Crippen molar-refractivity contribution in [2.45, 2.75) is 11.8 Å². The third-order valence-corrected chi connectivity index (χ3v) is 6.12. The number of hydrogen-bond acceptors (Lipinski definition) is 4. The highest BCUT2D eigenvalue weighted by atomic mass is 35.5. The van der Waals surface area contributed by atoms with Gasteiger partial charge in [-0.3, -0.25) is 9.52 Å². The number of para-hydroxylation sites is 1. The van der Waals surface area contributed by atoms with Gasteiger partial charge >= 0.3 is 0 Å². The van der Waals surface area contributed by atoms with Crippen LogP contribution in [-0.4, -0.2) is 28.4 Å². The molecule has 8 heteroatoms. The zero-order valence-electron chi connectivity index (χ0n) is 16.8. The molecule has 0 unspecified atom stereocenters. The Kier molecular flexibility index (Phi) is 6.34. The van der Waals surface area contributed by atoms with Gasteiger partial charge in [0, 0.05) is 24.7 Å². The summed E-state index contributed by atoms with van der Waals surface area (Å²) in [4.78, 5) is 14.6. The molecule has 0 aromatic heterocycles. The number of sulfonamides is 1. The predicted molar refractivity (Wildman–Crippen MR) is 122 cm³/mol. The first kappa shape index (κ1) is 21.7. The summed E-state index contributed by atoms with van der Waals surface area (Å²) in [5.74, 6) is -0.365. The Bertz CT molecular complexity index is 1180. The van der Waals surface area contributed by atoms with Crippen molar-refractivity contribution in [1.82, 2.24) is 0 Å². The molecule has 0 saturated carbocycles. The highest BCUT2D eigenvalue weighted by molar-refractivity contribution is 7.92. The van der Waals surface area contributed by atoms with Crippen LogP contribution in [0, 0.1) is 6.92 Å². The zero-order chi connectivity index (χ0) is 21.9. The minimum atomic E-state index is -3.77. The number of rotatable bonds is 6. The quantitative estimate of drug-likeness (QED) is 0.575. The third-order valence-electron chi connectivity index (χ3n) is 4.50. The van der Waals surface area contributed by atoms with E-state index in [0.29, 0.717) is 22.0 Å². The summed E-state index contributed by atoms with van der Waals surface area (Å²) < 4.78 is 27.9. The highest BCUT2D eigenvalue weighted by Gasteiger charge is 2.17. The van der Waals surface area contributed by atoms with Crippen molar-refractivity contribution in [3.63, 3.8) is 0 Å². The summed E-state index contributed by atoms with van der Waals surface area (Å²) in [6.45, 7) is 1.82. The predicted octanol–water partition coefficient (Wildman–Crippen LogP) is 4.77. The van der Waals surface area contributed by atoms with Crippen LogP contribution in [0.15, 0.2) is 71.6 Å². The molecule has 0 radical (unpaired) electrons. The Labute approximate surface area is 181 Å². The standard InChI is InChI=1S/C22H22ClN3O3S/c1-15-6-4-5-7-19(15)25-30(28,29)18-11-8-16(9-12-18)22(27)24-20-14-17(23)10-13-21(20)26(2)3/h4-14,25H,1-3H3,(H,24,27). The van der Waals surface area contributed by atoms with Gasteiger partial charge in [-0.25, -0.2) is 8.42 Å². The van der Waals surface area contributed by atoms with Crippen molar-refractivity contribution < 1.29 is 13.2 Å². The number of anilines is 3. The van der Waals surface area contributed by atoms with Gasteiger partial charge in [-0.15, -0.1) is 0 Å². The summed E-state index contributed by atoms with van der Waals surface area (Å²) >= 11 is 6.06. The molecule has 0 saturated heterocycles. The molecule has 0 aliphatic rings. The summed E-state index contributed by atoms with van der Waals surface area (Å²) in [6.07, 6.45) is 0. The van der Waals surface area contributed by atoms with Crippen molar-refractivity contribution in [3.05, 3.63) is 82.9 Å². The highest BCUT2D eigenvalue weighted by Crippen LogP contribution is 2.28. The van der Waals surface area contributed by atoms with E-state index < -0.39 is 10.0 Å². The number of carbonyl (C=O) groups is 1. The molecule has 0 aliphatic carbocycles. The van der Waals surface area contributed by atoms with Gasteiger partial charge in [0.1, 0.15) is 0 Å². The van der Waals surface area contributed by atoms with Gasteiger partial charge in [0.25, 0.3) is 15.9 Å². The van der Waals surface area contributed by atoms with E-state index in [1.165, 1.54) is 24.3 Å². The lowest BCUT2D eigenvalue weighted by atomic mass is 10.2. The van der Waals surface area contributed by atoms with Crippen LogP contribution in [0.5, 0.6) is 0 Å². The Balaban J connectivity index is 1.80. The summed E-state index contributed by atoms with van der Waals surface area (Å²) in [7, 11) is -0.0444. The van der Waals surface area contributed by atoms with Crippen LogP contribution in [0.1, 0.15) is 15.9 Å². The van der Waals surface area contributed by atoms with Gasteiger partial charge in [-0.05, 0) is 61.0 Å². The number of carbonyl (C=O) groups excluding carboxylic acids is 1. The van der Waals surface area contributed by atoms with Crippen LogP contribution >= 0.6 is 11.6 Å². The summed E-state index contributed by atoms with van der Waals surface area (Å²) in [5, 5.41) is 3.32. The first-order chi connectivity index (χ1) is 14.2. The van der Waals surface area contributed by atoms with Gasteiger partial charge in [0.2, 0.25) is 0 Å². The van der Waals surface area contributed by atoms with Crippen molar-refractivity contribution >= 4 is 44.6 Å². The first-order valence-corrected chi connectivity index (χ1v) is 11.0. The first-order valence-electron chi connectivity index (χ1n) is 9.14. The number of benzene rings is 3. The number of nitrogens with zero attached hydrogens (tertiary/aromatic N) is 1. The molecular formula is C22H22ClN3O3S. The molecule has 30 heavy (non-hydrogen) atoms. The van der Waals surface area contributed by atoms with Gasteiger partial charge in [0.05, 0.1) is 22.0 Å². The summed E-state index contributed by atoms with van der Waals surface area (Å²) in [6, 6.07) is 18.1. The minimum Gasteiger partial charge on any atom is -0.376 e.